The van der Waals surface area contributed by atoms with Crippen LogP contribution < -0.4 is 16.4 Å². The summed E-state index contributed by atoms with van der Waals surface area (Å²) in [7, 11) is 0. The zero-order valence-corrected chi connectivity index (χ0v) is 13.1. The molecule has 112 valence electrons. The number of amides is 1. The van der Waals surface area contributed by atoms with E-state index < -0.39 is 0 Å². The molecule has 0 aliphatic heterocycles. The highest BCUT2D eigenvalue weighted by molar-refractivity contribution is 7.11. The van der Waals surface area contributed by atoms with Crippen molar-refractivity contribution in [2.45, 2.75) is 64.5 Å². The summed E-state index contributed by atoms with van der Waals surface area (Å²) in [6.07, 6.45) is 7.43. The summed E-state index contributed by atoms with van der Waals surface area (Å²) in [5.74, 6) is 0.187. The third kappa shape index (κ3) is 3.85. The highest BCUT2D eigenvalue weighted by Gasteiger charge is 2.22. The Bertz CT molecular complexity index is 450. The van der Waals surface area contributed by atoms with Gasteiger partial charge in [0.15, 0.2) is 5.82 Å². The first-order chi connectivity index (χ1) is 9.58. The Morgan fingerprint density at radius 3 is 2.55 bits per heavy atom. The van der Waals surface area contributed by atoms with Gasteiger partial charge in [-0.15, -0.1) is 0 Å². The summed E-state index contributed by atoms with van der Waals surface area (Å²) in [5.41, 5.74) is 6.36. The van der Waals surface area contributed by atoms with Crippen molar-refractivity contribution in [2.75, 3.05) is 11.1 Å². The number of nitrogens with one attached hydrogen (secondary N) is 2. The Hall–Kier alpha value is -1.30. The molecular formula is C14H24N4OS. The van der Waals surface area contributed by atoms with E-state index in [1.54, 1.807) is 0 Å². The normalized spacial score (nSPS) is 16.9. The van der Waals surface area contributed by atoms with Crippen LogP contribution in [0.2, 0.25) is 0 Å². The van der Waals surface area contributed by atoms with Crippen molar-refractivity contribution in [3.63, 3.8) is 0 Å². The van der Waals surface area contributed by atoms with Crippen LogP contribution in [-0.2, 0) is 0 Å². The second-order valence-corrected chi connectivity index (χ2v) is 6.51. The molecule has 20 heavy (non-hydrogen) atoms. The van der Waals surface area contributed by atoms with Crippen LogP contribution in [0.3, 0.4) is 0 Å². The highest BCUT2D eigenvalue weighted by Crippen LogP contribution is 2.30. The number of nitrogens with zero attached hydrogens (tertiary/aromatic N) is 1. The van der Waals surface area contributed by atoms with E-state index in [4.69, 9.17) is 5.73 Å². The molecule has 1 amide bonds. The van der Waals surface area contributed by atoms with E-state index in [1.165, 1.54) is 37.2 Å². The largest absolute Gasteiger partial charge is 0.382 e. The van der Waals surface area contributed by atoms with Crippen LogP contribution in [-0.4, -0.2) is 22.4 Å². The second kappa shape index (κ2) is 6.92. The minimum atomic E-state index is -0.137. The maximum Gasteiger partial charge on any atom is 0.258 e. The van der Waals surface area contributed by atoms with Gasteiger partial charge < -0.3 is 16.4 Å². The van der Waals surface area contributed by atoms with Crippen molar-refractivity contribution in [3.05, 3.63) is 5.56 Å². The van der Waals surface area contributed by atoms with E-state index >= 15 is 0 Å². The van der Waals surface area contributed by atoms with E-state index in [0.717, 1.165) is 17.8 Å². The molecule has 1 aliphatic rings. The zero-order valence-electron chi connectivity index (χ0n) is 12.2. The smallest absolute Gasteiger partial charge is 0.258 e. The number of aromatic nitrogens is 1. The number of hydrogen-bond acceptors (Lipinski definition) is 5. The fourth-order valence-electron chi connectivity index (χ4n) is 2.56. The maximum absolute atomic E-state index is 12.2. The monoisotopic (exact) mass is 296 g/mol. The Kier molecular flexibility index (Phi) is 5.23. The summed E-state index contributed by atoms with van der Waals surface area (Å²) in [6.45, 7) is 3.87. The molecule has 0 spiro atoms. The molecule has 1 saturated carbocycles. The van der Waals surface area contributed by atoms with E-state index in [-0.39, 0.29) is 11.9 Å². The van der Waals surface area contributed by atoms with Gasteiger partial charge in [0, 0.05) is 12.1 Å². The molecule has 6 heteroatoms. The quantitative estimate of drug-likeness (QED) is 0.746. The molecule has 0 aromatic carbocycles. The van der Waals surface area contributed by atoms with Gasteiger partial charge in [-0.25, -0.2) is 0 Å². The van der Waals surface area contributed by atoms with E-state index in [9.17, 15) is 4.79 Å². The molecule has 0 saturated heterocycles. The SMILES string of the molecule is CC(C)NC(=O)c1c(N)nsc1NC1CCCCCC1. The molecule has 1 aromatic heterocycles. The van der Waals surface area contributed by atoms with Crippen molar-refractivity contribution in [1.29, 1.82) is 0 Å². The number of nitrogens with two attached hydrogens (primary N) is 1. The number of anilines is 2. The molecule has 0 bridgehead atoms. The highest BCUT2D eigenvalue weighted by atomic mass is 32.1. The lowest BCUT2D eigenvalue weighted by molar-refractivity contribution is 0.0945. The van der Waals surface area contributed by atoms with Gasteiger partial charge in [-0.2, -0.15) is 4.37 Å². The first-order valence-electron chi connectivity index (χ1n) is 7.40. The predicted molar refractivity (Wildman–Crippen MR) is 84.2 cm³/mol. The van der Waals surface area contributed by atoms with Gasteiger partial charge in [-0.05, 0) is 38.2 Å². The Morgan fingerprint density at radius 2 is 1.95 bits per heavy atom. The number of hydrogen-bond donors (Lipinski definition) is 3. The second-order valence-electron chi connectivity index (χ2n) is 5.73. The summed E-state index contributed by atoms with van der Waals surface area (Å²) in [6, 6.07) is 0.524. The standard InChI is InChI=1S/C14H24N4OS/c1-9(2)16-13(19)11-12(15)18-20-14(11)17-10-7-5-3-4-6-8-10/h9-10,17H,3-8H2,1-2H3,(H2,15,18)(H,16,19). The predicted octanol–water partition coefficient (Wildman–Crippen LogP) is 3.00. The first-order valence-corrected chi connectivity index (χ1v) is 8.18. The Labute approximate surface area is 124 Å². The van der Waals surface area contributed by atoms with Gasteiger partial charge in [0.05, 0.1) is 0 Å². The average Bonchev–Trinajstić information content (AvgIpc) is 2.59. The molecule has 0 radical (unpaired) electrons. The zero-order chi connectivity index (χ0) is 14.5. The third-order valence-corrected chi connectivity index (χ3v) is 4.35. The van der Waals surface area contributed by atoms with Gasteiger partial charge in [0.25, 0.3) is 5.91 Å². The average molecular weight is 296 g/mol. The number of carbonyl (C=O) groups excluding carboxylic acids is 1. The number of nitrogen functional groups attached to an aromatic ring is 1. The molecule has 0 unspecified atom stereocenters. The Balaban J connectivity index is 2.09. The minimum Gasteiger partial charge on any atom is -0.382 e. The fraction of sp³-hybridized carbons (Fsp3) is 0.714. The van der Waals surface area contributed by atoms with Crippen molar-refractivity contribution < 1.29 is 4.79 Å². The molecule has 5 nitrogen and oxygen atoms in total. The molecule has 2 rings (SSSR count). The molecule has 1 aliphatic carbocycles. The van der Waals surface area contributed by atoms with Crippen LogP contribution in [0.25, 0.3) is 0 Å². The molecular weight excluding hydrogens is 272 g/mol. The fourth-order valence-corrected chi connectivity index (χ4v) is 3.35. The topological polar surface area (TPSA) is 80.0 Å². The van der Waals surface area contributed by atoms with Crippen molar-refractivity contribution in [3.8, 4) is 0 Å². The number of rotatable bonds is 4. The van der Waals surface area contributed by atoms with Gasteiger partial charge >= 0.3 is 0 Å². The lowest BCUT2D eigenvalue weighted by Crippen LogP contribution is -2.31. The van der Waals surface area contributed by atoms with Crippen LogP contribution in [0.5, 0.6) is 0 Å². The first kappa shape index (κ1) is 15.1. The summed E-state index contributed by atoms with van der Waals surface area (Å²) in [4.78, 5) is 12.2. The van der Waals surface area contributed by atoms with Crippen LogP contribution >= 0.6 is 11.5 Å². The van der Waals surface area contributed by atoms with Crippen LogP contribution in [0.15, 0.2) is 0 Å². The lowest BCUT2D eigenvalue weighted by atomic mass is 10.1. The van der Waals surface area contributed by atoms with Crippen LogP contribution in [0, 0.1) is 0 Å². The Morgan fingerprint density at radius 1 is 1.30 bits per heavy atom. The van der Waals surface area contributed by atoms with E-state index in [2.05, 4.69) is 15.0 Å². The minimum absolute atomic E-state index is 0.0903. The molecule has 1 heterocycles. The lowest BCUT2D eigenvalue weighted by Gasteiger charge is -2.17. The van der Waals surface area contributed by atoms with Crippen molar-refractivity contribution >= 4 is 28.3 Å². The van der Waals surface area contributed by atoms with Crippen molar-refractivity contribution in [2.24, 2.45) is 0 Å². The summed E-state index contributed by atoms with van der Waals surface area (Å²) >= 11 is 1.29. The number of carbonyl (C=O) groups is 1. The van der Waals surface area contributed by atoms with Crippen LogP contribution in [0.4, 0.5) is 10.8 Å². The van der Waals surface area contributed by atoms with Crippen LogP contribution in [0.1, 0.15) is 62.7 Å². The van der Waals surface area contributed by atoms with Gasteiger partial charge in [-0.3, -0.25) is 4.79 Å². The van der Waals surface area contributed by atoms with E-state index in [1.807, 2.05) is 13.8 Å². The molecule has 0 atom stereocenters. The summed E-state index contributed by atoms with van der Waals surface area (Å²) in [5, 5.41) is 7.18. The molecule has 1 fully saturated rings. The maximum atomic E-state index is 12.2. The van der Waals surface area contributed by atoms with Gasteiger partial charge in [0.1, 0.15) is 10.6 Å². The molecule has 1 aromatic rings. The summed E-state index contributed by atoms with van der Waals surface area (Å²) < 4.78 is 4.13. The van der Waals surface area contributed by atoms with Gasteiger partial charge in [-0.1, -0.05) is 25.7 Å². The molecule has 4 N–H and O–H groups in total. The van der Waals surface area contributed by atoms with Crippen molar-refractivity contribution in [1.82, 2.24) is 9.69 Å². The van der Waals surface area contributed by atoms with E-state index in [0.29, 0.717) is 17.4 Å². The third-order valence-electron chi connectivity index (χ3n) is 3.56. The van der Waals surface area contributed by atoms with Gasteiger partial charge in [0.2, 0.25) is 0 Å².